The predicted octanol–water partition coefficient (Wildman–Crippen LogP) is 2.32. The summed E-state index contributed by atoms with van der Waals surface area (Å²) in [7, 11) is 0. The molecule has 1 aromatic rings. The standard InChI is InChI=1S/C14H20N2OS/c1-4-11(3)16(5-2)14(17)13-12(7-6-9-15)8-10-18-13/h8,10-11H,4-5,9,15H2,1-3H3. The third-order valence-corrected chi connectivity index (χ3v) is 3.81. The second-order valence-electron chi connectivity index (χ2n) is 4.02. The first-order valence-corrected chi connectivity index (χ1v) is 7.11. The van der Waals surface area contributed by atoms with Crippen LogP contribution in [0.25, 0.3) is 0 Å². The number of nitrogens with two attached hydrogens (primary N) is 1. The first-order chi connectivity index (χ1) is 8.65. The number of thiophene rings is 1. The summed E-state index contributed by atoms with van der Waals surface area (Å²) in [6, 6.07) is 2.13. The summed E-state index contributed by atoms with van der Waals surface area (Å²) in [5, 5.41) is 1.90. The van der Waals surface area contributed by atoms with E-state index in [0.717, 1.165) is 23.4 Å². The third-order valence-electron chi connectivity index (χ3n) is 2.91. The smallest absolute Gasteiger partial charge is 0.265 e. The summed E-state index contributed by atoms with van der Waals surface area (Å²) < 4.78 is 0. The van der Waals surface area contributed by atoms with Gasteiger partial charge < -0.3 is 10.6 Å². The van der Waals surface area contributed by atoms with Crippen molar-refractivity contribution in [2.45, 2.75) is 33.2 Å². The molecule has 0 aliphatic carbocycles. The molecular weight excluding hydrogens is 244 g/mol. The molecule has 1 rings (SSSR count). The van der Waals surface area contributed by atoms with Crippen LogP contribution in [0.4, 0.5) is 0 Å². The average Bonchev–Trinajstić information content (AvgIpc) is 2.84. The fourth-order valence-electron chi connectivity index (χ4n) is 1.73. The van der Waals surface area contributed by atoms with Crippen LogP contribution in [-0.4, -0.2) is 29.9 Å². The minimum Gasteiger partial charge on any atom is -0.335 e. The number of amides is 1. The number of hydrogen-bond donors (Lipinski definition) is 1. The van der Waals surface area contributed by atoms with Crippen molar-refractivity contribution < 1.29 is 4.79 Å². The Morgan fingerprint density at radius 1 is 1.56 bits per heavy atom. The molecule has 98 valence electrons. The van der Waals surface area contributed by atoms with Gasteiger partial charge in [0.05, 0.1) is 6.54 Å². The fraction of sp³-hybridized carbons (Fsp3) is 0.500. The molecular formula is C14H20N2OS. The van der Waals surface area contributed by atoms with Crippen LogP contribution < -0.4 is 5.73 Å². The van der Waals surface area contributed by atoms with E-state index in [9.17, 15) is 4.79 Å². The topological polar surface area (TPSA) is 46.3 Å². The highest BCUT2D eigenvalue weighted by atomic mass is 32.1. The normalized spacial score (nSPS) is 11.6. The molecule has 3 nitrogen and oxygen atoms in total. The van der Waals surface area contributed by atoms with Crippen LogP contribution in [0, 0.1) is 11.8 Å². The van der Waals surface area contributed by atoms with E-state index in [-0.39, 0.29) is 11.9 Å². The van der Waals surface area contributed by atoms with Crippen molar-refractivity contribution in [3.8, 4) is 11.8 Å². The highest BCUT2D eigenvalue weighted by Gasteiger charge is 2.21. The van der Waals surface area contributed by atoms with Crippen molar-refractivity contribution in [2.24, 2.45) is 5.73 Å². The maximum atomic E-state index is 12.5. The zero-order valence-electron chi connectivity index (χ0n) is 11.2. The van der Waals surface area contributed by atoms with E-state index >= 15 is 0 Å². The maximum Gasteiger partial charge on any atom is 0.265 e. The van der Waals surface area contributed by atoms with Crippen molar-refractivity contribution in [3.63, 3.8) is 0 Å². The van der Waals surface area contributed by atoms with Gasteiger partial charge in [-0.25, -0.2) is 0 Å². The molecule has 1 unspecified atom stereocenters. The van der Waals surface area contributed by atoms with Crippen molar-refractivity contribution >= 4 is 17.2 Å². The minimum atomic E-state index is 0.0724. The number of nitrogens with zero attached hydrogens (tertiary/aromatic N) is 1. The first-order valence-electron chi connectivity index (χ1n) is 6.23. The Labute approximate surface area is 113 Å². The molecule has 1 heterocycles. The molecule has 0 aliphatic rings. The molecule has 1 atom stereocenters. The lowest BCUT2D eigenvalue weighted by molar-refractivity contribution is 0.0704. The highest BCUT2D eigenvalue weighted by molar-refractivity contribution is 7.12. The molecule has 0 radical (unpaired) electrons. The Balaban J connectivity index is 2.99. The molecule has 0 aliphatic heterocycles. The zero-order chi connectivity index (χ0) is 13.5. The SMILES string of the molecule is CCC(C)N(CC)C(=O)c1sccc1C#CCN. The lowest BCUT2D eigenvalue weighted by Gasteiger charge is -2.26. The monoisotopic (exact) mass is 264 g/mol. The molecule has 0 fully saturated rings. The molecule has 18 heavy (non-hydrogen) atoms. The number of carbonyl (C=O) groups is 1. The molecule has 2 N–H and O–H groups in total. The van der Waals surface area contributed by atoms with Crippen LogP contribution in [0.5, 0.6) is 0 Å². The largest absolute Gasteiger partial charge is 0.335 e. The zero-order valence-corrected chi connectivity index (χ0v) is 12.0. The van der Waals surface area contributed by atoms with Crippen molar-refractivity contribution in [2.75, 3.05) is 13.1 Å². The lowest BCUT2D eigenvalue weighted by Crippen LogP contribution is -2.38. The van der Waals surface area contributed by atoms with Crippen LogP contribution >= 0.6 is 11.3 Å². The van der Waals surface area contributed by atoms with Crippen molar-refractivity contribution in [1.82, 2.24) is 4.90 Å². The number of hydrogen-bond acceptors (Lipinski definition) is 3. The van der Waals surface area contributed by atoms with Crippen LogP contribution in [0.15, 0.2) is 11.4 Å². The Bertz CT molecular complexity index is 456. The Morgan fingerprint density at radius 2 is 2.28 bits per heavy atom. The molecule has 1 aromatic heterocycles. The first kappa shape index (κ1) is 14.7. The van der Waals surface area contributed by atoms with Crippen LogP contribution in [0.2, 0.25) is 0 Å². The third kappa shape index (κ3) is 3.34. The Morgan fingerprint density at radius 3 is 2.83 bits per heavy atom. The molecule has 1 amide bonds. The highest BCUT2D eigenvalue weighted by Crippen LogP contribution is 2.20. The number of carbonyl (C=O) groups excluding carboxylic acids is 1. The van der Waals surface area contributed by atoms with Gasteiger partial charge in [0, 0.05) is 18.2 Å². The van der Waals surface area contributed by atoms with Gasteiger partial charge in [-0.1, -0.05) is 18.8 Å². The molecule has 0 saturated heterocycles. The van der Waals surface area contributed by atoms with Crippen LogP contribution in [0.1, 0.15) is 42.4 Å². The molecule has 4 heteroatoms. The van der Waals surface area contributed by atoms with Gasteiger partial charge in [0.2, 0.25) is 0 Å². The molecule has 0 aromatic carbocycles. The van der Waals surface area contributed by atoms with E-state index in [1.807, 2.05) is 23.3 Å². The van der Waals surface area contributed by atoms with E-state index < -0.39 is 0 Å². The van der Waals surface area contributed by atoms with Crippen LogP contribution in [0.3, 0.4) is 0 Å². The predicted molar refractivity (Wildman–Crippen MR) is 76.7 cm³/mol. The molecule has 0 bridgehead atoms. The van der Waals surface area contributed by atoms with E-state index in [2.05, 4.69) is 25.7 Å². The van der Waals surface area contributed by atoms with Crippen LogP contribution in [-0.2, 0) is 0 Å². The number of rotatable bonds is 4. The Hall–Kier alpha value is -1.31. The summed E-state index contributed by atoms with van der Waals surface area (Å²) in [4.78, 5) is 15.1. The van der Waals surface area contributed by atoms with Gasteiger partial charge in [-0.2, -0.15) is 0 Å². The summed E-state index contributed by atoms with van der Waals surface area (Å²) in [6.07, 6.45) is 0.953. The summed E-state index contributed by atoms with van der Waals surface area (Å²) in [5.74, 6) is 5.83. The molecule has 0 spiro atoms. The van der Waals surface area contributed by atoms with Gasteiger partial charge >= 0.3 is 0 Å². The van der Waals surface area contributed by atoms with Crippen molar-refractivity contribution in [3.05, 3.63) is 21.9 Å². The Kier molecular flexibility index (Phi) is 5.90. The van der Waals surface area contributed by atoms with E-state index in [0.29, 0.717) is 6.54 Å². The van der Waals surface area contributed by atoms with Crippen molar-refractivity contribution in [1.29, 1.82) is 0 Å². The lowest BCUT2D eigenvalue weighted by atomic mass is 10.2. The van der Waals surface area contributed by atoms with Gasteiger partial charge in [0.25, 0.3) is 5.91 Å². The van der Waals surface area contributed by atoms with Gasteiger partial charge in [-0.15, -0.1) is 11.3 Å². The summed E-state index contributed by atoms with van der Waals surface area (Å²) in [5.41, 5.74) is 6.15. The van der Waals surface area contributed by atoms with E-state index in [1.54, 1.807) is 0 Å². The molecule has 0 saturated carbocycles. The van der Waals surface area contributed by atoms with E-state index in [4.69, 9.17) is 5.73 Å². The average molecular weight is 264 g/mol. The van der Waals surface area contributed by atoms with Gasteiger partial charge in [-0.3, -0.25) is 4.79 Å². The van der Waals surface area contributed by atoms with Gasteiger partial charge in [0.1, 0.15) is 4.88 Å². The second-order valence-corrected chi connectivity index (χ2v) is 4.93. The van der Waals surface area contributed by atoms with E-state index in [1.165, 1.54) is 11.3 Å². The van der Waals surface area contributed by atoms with Gasteiger partial charge in [-0.05, 0) is 31.7 Å². The maximum absolute atomic E-state index is 12.5. The minimum absolute atomic E-state index is 0.0724. The fourth-order valence-corrected chi connectivity index (χ4v) is 2.53. The summed E-state index contributed by atoms with van der Waals surface area (Å²) in [6.45, 7) is 7.19. The quantitative estimate of drug-likeness (QED) is 0.848. The second kappa shape index (κ2) is 7.20. The van der Waals surface area contributed by atoms with Gasteiger partial charge in [0.15, 0.2) is 0 Å². The summed E-state index contributed by atoms with van der Waals surface area (Å²) >= 11 is 1.45.